The zero-order chi connectivity index (χ0) is 13.8. The van der Waals surface area contributed by atoms with Crippen molar-refractivity contribution in [3.8, 4) is 0 Å². The van der Waals surface area contributed by atoms with E-state index in [0.29, 0.717) is 18.9 Å². The molecule has 1 aliphatic rings. The van der Waals surface area contributed by atoms with Crippen molar-refractivity contribution >= 4 is 11.4 Å². The summed E-state index contributed by atoms with van der Waals surface area (Å²) in [5.41, 5.74) is 0.186. The average Bonchev–Trinajstić information content (AvgIpc) is 2.85. The van der Waals surface area contributed by atoms with Crippen LogP contribution in [0.2, 0.25) is 0 Å². The van der Waals surface area contributed by atoms with E-state index < -0.39 is 4.92 Å². The van der Waals surface area contributed by atoms with Gasteiger partial charge in [0.2, 0.25) is 0 Å². The minimum absolute atomic E-state index is 0.104. The number of hydrogen-bond donors (Lipinski definition) is 0. The van der Waals surface area contributed by atoms with Crippen LogP contribution in [0.1, 0.15) is 38.1 Å². The summed E-state index contributed by atoms with van der Waals surface area (Å²) in [5.74, 6) is 0.251. The maximum Gasteiger partial charge on any atom is 0.318 e. The van der Waals surface area contributed by atoms with Crippen molar-refractivity contribution in [2.45, 2.75) is 32.4 Å². The van der Waals surface area contributed by atoms with Gasteiger partial charge in [0.15, 0.2) is 11.9 Å². The lowest BCUT2D eigenvalue weighted by Gasteiger charge is -2.24. The van der Waals surface area contributed by atoms with E-state index in [-0.39, 0.29) is 17.7 Å². The molecular formula is C12H17N3O4. The largest absolute Gasteiger partial charge is 0.492 e. The predicted molar refractivity (Wildman–Crippen MR) is 68.4 cm³/mol. The fraction of sp³-hybridized carbons (Fsp3) is 0.583. The highest BCUT2D eigenvalue weighted by Gasteiger charge is 2.29. The fourth-order valence-corrected chi connectivity index (χ4v) is 2.13. The predicted octanol–water partition coefficient (Wildman–Crippen LogP) is 2.50. The average molecular weight is 267 g/mol. The third-order valence-electron chi connectivity index (χ3n) is 2.98. The monoisotopic (exact) mass is 267 g/mol. The van der Waals surface area contributed by atoms with Crippen molar-refractivity contribution in [1.82, 2.24) is 9.78 Å². The van der Waals surface area contributed by atoms with Crippen molar-refractivity contribution in [2.75, 3.05) is 13.2 Å². The topological polar surface area (TPSA) is 79.4 Å². The normalized spacial score (nSPS) is 19.1. The van der Waals surface area contributed by atoms with Crippen molar-refractivity contribution in [1.29, 1.82) is 0 Å². The third-order valence-corrected chi connectivity index (χ3v) is 2.98. The van der Waals surface area contributed by atoms with Crippen LogP contribution < -0.4 is 0 Å². The molecule has 0 spiro atoms. The van der Waals surface area contributed by atoms with E-state index in [1.165, 1.54) is 10.9 Å². The SMILES string of the molecule is C=C(OCC)c1c([N+](=O)[O-])cnn1C1CCCCO1. The van der Waals surface area contributed by atoms with E-state index in [2.05, 4.69) is 11.7 Å². The Labute approximate surface area is 111 Å². The molecule has 1 atom stereocenters. The summed E-state index contributed by atoms with van der Waals surface area (Å²) >= 11 is 0. The second-order valence-electron chi connectivity index (χ2n) is 4.26. The van der Waals surface area contributed by atoms with Gasteiger partial charge in [-0.2, -0.15) is 5.10 Å². The Hall–Kier alpha value is -1.89. The van der Waals surface area contributed by atoms with Crippen LogP contribution in [0, 0.1) is 10.1 Å². The Balaban J connectivity index is 2.36. The molecule has 1 unspecified atom stereocenters. The number of nitrogens with zero attached hydrogens (tertiary/aromatic N) is 3. The summed E-state index contributed by atoms with van der Waals surface area (Å²) in [5, 5.41) is 15.1. The second kappa shape index (κ2) is 5.83. The molecule has 1 fully saturated rings. The van der Waals surface area contributed by atoms with Crippen LogP contribution in [-0.2, 0) is 9.47 Å². The highest BCUT2D eigenvalue weighted by Crippen LogP contribution is 2.31. The zero-order valence-electron chi connectivity index (χ0n) is 10.9. The standard InChI is InChI=1S/C12H17N3O4/c1-3-18-9(2)12-10(15(16)17)8-13-14(12)11-6-4-5-7-19-11/h8,11H,2-7H2,1H3. The van der Waals surface area contributed by atoms with Crippen LogP contribution in [0.4, 0.5) is 5.69 Å². The van der Waals surface area contributed by atoms with Crippen molar-refractivity contribution in [3.05, 3.63) is 28.6 Å². The Kier molecular flexibility index (Phi) is 4.16. The Morgan fingerprint density at radius 2 is 2.53 bits per heavy atom. The van der Waals surface area contributed by atoms with Crippen molar-refractivity contribution in [3.63, 3.8) is 0 Å². The summed E-state index contributed by atoms with van der Waals surface area (Å²) in [6.07, 6.45) is 3.73. The summed E-state index contributed by atoms with van der Waals surface area (Å²) in [4.78, 5) is 10.6. The van der Waals surface area contributed by atoms with Gasteiger partial charge in [-0.25, -0.2) is 4.68 Å². The smallest absolute Gasteiger partial charge is 0.318 e. The van der Waals surface area contributed by atoms with Crippen LogP contribution in [0.15, 0.2) is 12.8 Å². The summed E-state index contributed by atoms with van der Waals surface area (Å²) in [7, 11) is 0. The van der Waals surface area contributed by atoms with Crippen molar-refractivity contribution < 1.29 is 14.4 Å². The van der Waals surface area contributed by atoms with Gasteiger partial charge in [0.25, 0.3) is 0 Å². The second-order valence-corrected chi connectivity index (χ2v) is 4.26. The molecule has 1 aromatic heterocycles. The van der Waals surface area contributed by atoms with Gasteiger partial charge in [-0.3, -0.25) is 10.1 Å². The Morgan fingerprint density at radius 3 is 3.11 bits per heavy atom. The first-order valence-corrected chi connectivity index (χ1v) is 6.30. The molecule has 1 aliphatic heterocycles. The highest BCUT2D eigenvalue weighted by molar-refractivity contribution is 5.63. The van der Waals surface area contributed by atoms with E-state index in [1.54, 1.807) is 6.92 Å². The number of rotatable bonds is 5. The van der Waals surface area contributed by atoms with Gasteiger partial charge in [-0.15, -0.1) is 0 Å². The van der Waals surface area contributed by atoms with E-state index in [1.807, 2.05) is 0 Å². The summed E-state index contributed by atoms with van der Waals surface area (Å²) < 4.78 is 12.4. The molecule has 0 bridgehead atoms. The lowest BCUT2D eigenvalue weighted by atomic mass is 10.2. The van der Waals surface area contributed by atoms with Crippen LogP contribution in [-0.4, -0.2) is 27.9 Å². The minimum atomic E-state index is -0.480. The van der Waals surface area contributed by atoms with Crippen LogP contribution in [0.25, 0.3) is 5.76 Å². The quantitative estimate of drug-likeness (QED) is 0.465. The molecule has 0 N–H and O–H groups in total. The molecule has 7 nitrogen and oxygen atoms in total. The number of nitro groups is 1. The molecule has 104 valence electrons. The molecule has 0 amide bonds. The lowest BCUT2D eigenvalue weighted by molar-refractivity contribution is -0.385. The summed E-state index contributed by atoms with van der Waals surface area (Å²) in [6.45, 7) is 6.58. The lowest BCUT2D eigenvalue weighted by Crippen LogP contribution is -2.21. The first-order valence-electron chi connectivity index (χ1n) is 6.30. The number of ether oxygens (including phenoxy) is 2. The van der Waals surface area contributed by atoms with Crippen LogP contribution >= 0.6 is 0 Å². The Bertz CT molecular complexity index is 477. The fourth-order valence-electron chi connectivity index (χ4n) is 2.13. The van der Waals surface area contributed by atoms with Crippen molar-refractivity contribution in [2.24, 2.45) is 0 Å². The first kappa shape index (κ1) is 13.5. The van der Waals surface area contributed by atoms with E-state index in [0.717, 1.165) is 19.3 Å². The van der Waals surface area contributed by atoms with Crippen LogP contribution in [0.5, 0.6) is 0 Å². The number of aromatic nitrogens is 2. The maximum absolute atomic E-state index is 11.0. The van der Waals surface area contributed by atoms with E-state index in [9.17, 15) is 10.1 Å². The minimum Gasteiger partial charge on any atom is -0.492 e. The van der Waals surface area contributed by atoms with E-state index >= 15 is 0 Å². The molecule has 0 radical (unpaired) electrons. The molecule has 0 aromatic carbocycles. The Morgan fingerprint density at radius 1 is 1.74 bits per heavy atom. The third kappa shape index (κ3) is 2.76. The molecule has 2 heterocycles. The molecule has 2 rings (SSSR count). The molecule has 1 aromatic rings. The maximum atomic E-state index is 11.0. The molecule has 7 heteroatoms. The van der Waals surface area contributed by atoms with Gasteiger partial charge in [-0.1, -0.05) is 6.58 Å². The first-order chi connectivity index (χ1) is 9.15. The van der Waals surface area contributed by atoms with Gasteiger partial charge in [-0.05, 0) is 26.2 Å². The van der Waals surface area contributed by atoms with Crippen LogP contribution in [0.3, 0.4) is 0 Å². The number of hydrogen-bond acceptors (Lipinski definition) is 5. The van der Waals surface area contributed by atoms with Gasteiger partial charge in [0.1, 0.15) is 12.0 Å². The molecule has 1 saturated heterocycles. The van der Waals surface area contributed by atoms with Gasteiger partial charge < -0.3 is 9.47 Å². The molecule has 0 saturated carbocycles. The van der Waals surface area contributed by atoms with E-state index in [4.69, 9.17) is 9.47 Å². The highest BCUT2D eigenvalue weighted by atomic mass is 16.6. The molecule has 19 heavy (non-hydrogen) atoms. The van der Waals surface area contributed by atoms with Gasteiger partial charge >= 0.3 is 5.69 Å². The zero-order valence-corrected chi connectivity index (χ0v) is 10.9. The van der Waals surface area contributed by atoms with Gasteiger partial charge in [0, 0.05) is 6.61 Å². The van der Waals surface area contributed by atoms with Gasteiger partial charge in [0.05, 0.1) is 11.5 Å². The summed E-state index contributed by atoms with van der Waals surface area (Å²) in [6, 6.07) is 0. The molecular weight excluding hydrogens is 250 g/mol. The molecule has 0 aliphatic carbocycles.